The van der Waals surface area contributed by atoms with Gasteiger partial charge in [-0.2, -0.15) is 0 Å². The average Bonchev–Trinajstić information content (AvgIpc) is 2.31. The molecular weight excluding hydrogens is 214 g/mol. The molecular formula is C14H21NO2. The fourth-order valence-electron chi connectivity index (χ4n) is 2.51. The van der Waals surface area contributed by atoms with Crippen LogP contribution in [0.15, 0.2) is 18.2 Å². The van der Waals surface area contributed by atoms with E-state index in [1.807, 2.05) is 6.07 Å². The van der Waals surface area contributed by atoms with E-state index in [9.17, 15) is 0 Å². The summed E-state index contributed by atoms with van der Waals surface area (Å²) in [6.07, 6.45) is 1.72. The van der Waals surface area contributed by atoms with Crippen LogP contribution in [-0.2, 0) is 4.74 Å². The van der Waals surface area contributed by atoms with E-state index >= 15 is 0 Å². The minimum absolute atomic E-state index is 0.0359. The predicted molar refractivity (Wildman–Crippen MR) is 68.3 cm³/mol. The summed E-state index contributed by atoms with van der Waals surface area (Å²) in [6.45, 7) is 4.78. The Balaban J connectivity index is 2.35. The van der Waals surface area contributed by atoms with Crippen LogP contribution in [0.2, 0.25) is 0 Å². The van der Waals surface area contributed by atoms with Crippen molar-refractivity contribution in [2.45, 2.75) is 38.3 Å². The van der Waals surface area contributed by atoms with Crippen LogP contribution in [0.5, 0.6) is 5.75 Å². The van der Waals surface area contributed by atoms with Crippen molar-refractivity contribution in [3.05, 3.63) is 29.3 Å². The number of fused-ring (bicyclic) bond motifs is 1. The largest absolute Gasteiger partial charge is 0.484 e. The molecule has 0 spiro atoms. The van der Waals surface area contributed by atoms with Crippen LogP contribution >= 0.6 is 0 Å². The van der Waals surface area contributed by atoms with Crippen LogP contribution in [0.3, 0.4) is 0 Å². The van der Waals surface area contributed by atoms with Crippen LogP contribution in [0.4, 0.5) is 0 Å². The first-order valence-corrected chi connectivity index (χ1v) is 6.14. The molecule has 2 atom stereocenters. The summed E-state index contributed by atoms with van der Waals surface area (Å²) < 4.78 is 11.4. The molecule has 3 heteroatoms. The lowest BCUT2D eigenvalue weighted by atomic mass is 9.86. The summed E-state index contributed by atoms with van der Waals surface area (Å²) in [7, 11) is 1.71. The first kappa shape index (κ1) is 12.4. The highest BCUT2D eigenvalue weighted by atomic mass is 16.5. The molecule has 0 bridgehead atoms. The van der Waals surface area contributed by atoms with Crippen LogP contribution in [0, 0.1) is 6.92 Å². The second-order valence-electron chi connectivity index (χ2n) is 4.92. The van der Waals surface area contributed by atoms with Gasteiger partial charge in [0.05, 0.1) is 6.61 Å². The quantitative estimate of drug-likeness (QED) is 0.875. The topological polar surface area (TPSA) is 44.5 Å². The lowest BCUT2D eigenvalue weighted by molar-refractivity contribution is -0.0337. The molecule has 1 aromatic carbocycles. The third-order valence-corrected chi connectivity index (χ3v) is 3.53. The highest BCUT2D eigenvalue weighted by Crippen LogP contribution is 2.40. The Hall–Kier alpha value is -1.06. The Morgan fingerprint density at radius 2 is 2.29 bits per heavy atom. The van der Waals surface area contributed by atoms with E-state index in [1.165, 1.54) is 5.56 Å². The van der Waals surface area contributed by atoms with Gasteiger partial charge in [-0.3, -0.25) is 0 Å². The zero-order chi connectivity index (χ0) is 12.5. The molecule has 2 unspecified atom stereocenters. The van der Waals surface area contributed by atoms with Crippen LogP contribution in [0.25, 0.3) is 0 Å². The number of rotatable bonds is 3. The maximum Gasteiger partial charge on any atom is 0.134 e. The highest BCUT2D eigenvalue weighted by molar-refractivity contribution is 5.41. The van der Waals surface area contributed by atoms with Crippen molar-refractivity contribution in [1.29, 1.82) is 0 Å². The Labute approximate surface area is 103 Å². The monoisotopic (exact) mass is 235 g/mol. The normalized spacial score (nSPS) is 27.4. The second-order valence-corrected chi connectivity index (χ2v) is 4.92. The number of ether oxygens (including phenoxy) is 2. The number of benzene rings is 1. The molecule has 0 aliphatic carbocycles. The molecule has 1 aliphatic rings. The van der Waals surface area contributed by atoms with E-state index in [-0.39, 0.29) is 11.6 Å². The van der Waals surface area contributed by atoms with Gasteiger partial charge in [0, 0.05) is 25.1 Å². The van der Waals surface area contributed by atoms with E-state index in [0.717, 1.165) is 24.2 Å². The van der Waals surface area contributed by atoms with Crippen molar-refractivity contribution >= 4 is 0 Å². The molecule has 0 saturated heterocycles. The van der Waals surface area contributed by atoms with Crippen LogP contribution in [0.1, 0.15) is 36.9 Å². The molecule has 1 heterocycles. The standard InChI is InChI=1S/C14H21NO2/c1-4-14(9-16-3)8-12(15)11-7-10(2)5-6-13(11)17-14/h5-7,12H,4,8-9,15H2,1-3H3. The highest BCUT2D eigenvalue weighted by Gasteiger charge is 2.38. The molecule has 0 radical (unpaired) electrons. The maximum atomic E-state index is 6.26. The Bertz CT molecular complexity index is 405. The van der Waals surface area contributed by atoms with Gasteiger partial charge >= 0.3 is 0 Å². The molecule has 2 N–H and O–H groups in total. The molecule has 0 saturated carbocycles. The number of methoxy groups -OCH3 is 1. The van der Waals surface area contributed by atoms with Crippen molar-refractivity contribution < 1.29 is 9.47 Å². The minimum atomic E-state index is -0.267. The summed E-state index contributed by atoms with van der Waals surface area (Å²) in [6, 6.07) is 6.23. The van der Waals surface area contributed by atoms with Gasteiger partial charge in [-0.25, -0.2) is 0 Å². The second kappa shape index (κ2) is 4.67. The fraction of sp³-hybridized carbons (Fsp3) is 0.571. The van der Waals surface area contributed by atoms with Gasteiger partial charge in [0.15, 0.2) is 0 Å². The van der Waals surface area contributed by atoms with E-state index in [1.54, 1.807) is 7.11 Å². The predicted octanol–water partition coefficient (Wildman–Crippen LogP) is 2.57. The van der Waals surface area contributed by atoms with Gasteiger partial charge in [0.25, 0.3) is 0 Å². The van der Waals surface area contributed by atoms with Gasteiger partial charge < -0.3 is 15.2 Å². The van der Waals surface area contributed by atoms with Gasteiger partial charge in [0.1, 0.15) is 11.4 Å². The number of nitrogens with two attached hydrogens (primary N) is 1. The molecule has 0 amide bonds. The molecule has 0 fully saturated rings. The number of aryl methyl sites for hydroxylation is 1. The summed E-state index contributed by atoms with van der Waals surface area (Å²) in [5.41, 5.74) is 8.33. The Morgan fingerprint density at radius 3 is 2.94 bits per heavy atom. The first-order chi connectivity index (χ1) is 8.10. The first-order valence-electron chi connectivity index (χ1n) is 6.14. The van der Waals surface area contributed by atoms with E-state index < -0.39 is 0 Å². The van der Waals surface area contributed by atoms with Crippen molar-refractivity contribution in [1.82, 2.24) is 0 Å². The van der Waals surface area contributed by atoms with Crippen LogP contribution < -0.4 is 10.5 Å². The molecule has 1 aliphatic heterocycles. The average molecular weight is 235 g/mol. The Kier molecular flexibility index (Phi) is 3.40. The fourth-order valence-corrected chi connectivity index (χ4v) is 2.51. The third kappa shape index (κ3) is 2.31. The minimum Gasteiger partial charge on any atom is -0.484 e. The zero-order valence-corrected chi connectivity index (χ0v) is 10.8. The summed E-state index contributed by atoms with van der Waals surface area (Å²) in [5, 5.41) is 0. The smallest absolute Gasteiger partial charge is 0.134 e. The van der Waals surface area contributed by atoms with Gasteiger partial charge in [0.2, 0.25) is 0 Å². The van der Waals surface area contributed by atoms with Gasteiger partial charge in [-0.05, 0) is 19.4 Å². The van der Waals surface area contributed by atoms with Gasteiger partial charge in [-0.15, -0.1) is 0 Å². The van der Waals surface area contributed by atoms with Crippen molar-refractivity contribution in [2.75, 3.05) is 13.7 Å². The van der Waals surface area contributed by atoms with E-state index in [2.05, 4.69) is 26.0 Å². The molecule has 0 aromatic heterocycles. The molecule has 17 heavy (non-hydrogen) atoms. The van der Waals surface area contributed by atoms with E-state index in [4.69, 9.17) is 15.2 Å². The zero-order valence-electron chi connectivity index (χ0n) is 10.8. The summed E-state index contributed by atoms with van der Waals surface area (Å²) in [4.78, 5) is 0. The van der Waals surface area contributed by atoms with Gasteiger partial charge in [-0.1, -0.05) is 24.6 Å². The maximum absolute atomic E-state index is 6.26. The molecule has 3 nitrogen and oxygen atoms in total. The SMILES string of the molecule is CCC1(COC)CC(N)c2cc(C)ccc2O1. The van der Waals surface area contributed by atoms with E-state index in [0.29, 0.717) is 6.61 Å². The van der Waals surface area contributed by atoms with Crippen molar-refractivity contribution in [3.63, 3.8) is 0 Å². The molecule has 94 valence electrons. The van der Waals surface area contributed by atoms with Crippen LogP contribution in [-0.4, -0.2) is 19.3 Å². The number of hydrogen-bond donors (Lipinski definition) is 1. The summed E-state index contributed by atoms with van der Waals surface area (Å²) in [5.74, 6) is 0.910. The molecule has 1 aromatic rings. The van der Waals surface area contributed by atoms with Crippen molar-refractivity contribution in [3.8, 4) is 5.75 Å². The lowest BCUT2D eigenvalue weighted by Crippen LogP contribution is -2.46. The third-order valence-electron chi connectivity index (χ3n) is 3.53. The summed E-state index contributed by atoms with van der Waals surface area (Å²) >= 11 is 0. The Morgan fingerprint density at radius 1 is 1.53 bits per heavy atom. The lowest BCUT2D eigenvalue weighted by Gasteiger charge is -2.40. The number of hydrogen-bond acceptors (Lipinski definition) is 3. The molecule has 2 rings (SSSR count). The van der Waals surface area contributed by atoms with Crippen molar-refractivity contribution in [2.24, 2.45) is 5.73 Å².